The molecule has 6 nitrogen and oxygen atoms in total. The number of nitrogens with zero attached hydrogens (tertiary/aromatic N) is 3. The highest BCUT2D eigenvalue weighted by Gasteiger charge is 2.14. The van der Waals surface area contributed by atoms with Crippen molar-refractivity contribution < 1.29 is 4.74 Å². The van der Waals surface area contributed by atoms with Crippen molar-refractivity contribution >= 4 is 5.96 Å². The van der Waals surface area contributed by atoms with E-state index < -0.39 is 0 Å². The Kier molecular flexibility index (Phi) is 9.25. The quantitative estimate of drug-likeness (QED) is 0.398. The van der Waals surface area contributed by atoms with Crippen molar-refractivity contribution in [2.75, 3.05) is 59.5 Å². The molecule has 2 heterocycles. The second-order valence-corrected chi connectivity index (χ2v) is 8.44. The number of morpholine rings is 1. The van der Waals surface area contributed by atoms with Gasteiger partial charge in [0, 0.05) is 39.8 Å². The number of guanidine groups is 1. The van der Waals surface area contributed by atoms with Gasteiger partial charge >= 0.3 is 0 Å². The molecular formula is C23H39N5O. The largest absolute Gasteiger partial charge is 0.379 e. The number of likely N-dealkylation sites (tertiary alicyclic amines) is 1. The van der Waals surface area contributed by atoms with Crippen LogP contribution in [0.15, 0.2) is 29.3 Å². The van der Waals surface area contributed by atoms with Crippen molar-refractivity contribution in [2.24, 2.45) is 10.9 Å². The van der Waals surface area contributed by atoms with Crippen LogP contribution in [0.4, 0.5) is 0 Å². The molecule has 1 aromatic rings. The van der Waals surface area contributed by atoms with E-state index in [1.807, 2.05) is 7.05 Å². The van der Waals surface area contributed by atoms with E-state index in [-0.39, 0.29) is 0 Å². The van der Waals surface area contributed by atoms with E-state index in [1.165, 1.54) is 43.6 Å². The Hall–Kier alpha value is -1.63. The summed E-state index contributed by atoms with van der Waals surface area (Å²) in [6.45, 7) is 12.6. The minimum atomic E-state index is 0.793. The van der Waals surface area contributed by atoms with Crippen LogP contribution in [0.25, 0.3) is 0 Å². The minimum absolute atomic E-state index is 0.793. The van der Waals surface area contributed by atoms with Crippen molar-refractivity contribution in [2.45, 2.75) is 39.3 Å². The van der Waals surface area contributed by atoms with Gasteiger partial charge < -0.3 is 20.3 Å². The molecule has 1 aromatic carbocycles. The van der Waals surface area contributed by atoms with Crippen LogP contribution in [0.1, 0.15) is 37.3 Å². The maximum Gasteiger partial charge on any atom is 0.191 e. The Labute approximate surface area is 176 Å². The van der Waals surface area contributed by atoms with Gasteiger partial charge in [-0.15, -0.1) is 0 Å². The molecule has 0 unspecified atom stereocenters. The van der Waals surface area contributed by atoms with E-state index in [0.29, 0.717) is 0 Å². The van der Waals surface area contributed by atoms with Crippen molar-refractivity contribution in [1.29, 1.82) is 0 Å². The SMILES string of the molecule is CN=C(NCCCN1CCC(C)CC1)NCc1ccc(CN2CCOCC2)cc1. The standard InChI is InChI=1S/C23H39N5O/c1-20-8-12-27(13-9-20)11-3-10-25-23(24-2)26-18-21-4-6-22(7-5-21)19-28-14-16-29-17-15-28/h4-7,20H,3,8-19H2,1-2H3,(H2,24,25,26). The van der Waals surface area contributed by atoms with Crippen LogP contribution in [0.2, 0.25) is 0 Å². The Morgan fingerprint density at radius 2 is 1.69 bits per heavy atom. The van der Waals surface area contributed by atoms with Crippen LogP contribution in [0.5, 0.6) is 0 Å². The number of aliphatic imine (C=N–C) groups is 1. The Morgan fingerprint density at radius 3 is 2.38 bits per heavy atom. The zero-order valence-corrected chi connectivity index (χ0v) is 18.3. The maximum absolute atomic E-state index is 5.42. The zero-order valence-electron chi connectivity index (χ0n) is 18.3. The summed E-state index contributed by atoms with van der Waals surface area (Å²) in [4.78, 5) is 9.40. The predicted octanol–water partition coefficient (Wildman–Crippen LogP) is 2.31. The van der Waals surface area contributed by atoms with Gasteiger partial charge in [-0.1, -0.05) is 31.2 Å². The van der Waals surface area contributed by atoms with Crippen molar-refractivity contribution in [3.8, 4) is 0 Å². The lowest BCUT2D eigenvalue weighted by Crippen LogP contribution is -2.39. The summed E-state index contributed by atoms with van der Waals surface area (Å²) in [5.74, 6) is 1.79. The first-order chi connectivity index (χ1) is 14.2. The van der Waals surface area contributed by atoms with Gasteiger partial charge in [-0.3, -0.25) is 9.89 Å². The third-order valence-corrected chi connectivity index (χ3v) is 6.04. The first kappa shape index (κ1) is 22.1. The molecule has 0 aliphatic carbocycles. The van der Waals surface area contributed by atoms with Crippen LogP contribution in [0.3, 0.4) is 0 Å². The summed E-state index contributed by atoms with van der Waals surface area (Å²) in [5.41, 5.74) is 2.64. The normalized spacial score (nSPS) is 20.0. The molecule has 2 fully saturated rings. The molecule has 0 bridgehead atoms. The molecular weight excluding hydrogens is 362 g/mol. The second kappa shape index (κ2) is 12.2. The van der Waals surface area contributed by atoms with Crippen LogP contribution < -0.4 is 10.6 Å². The van der Waals surface area contributed by atoms with Crippen molar-refractivity contribution in [3.63, 3.8) is 0 Å². The number of benzene rings is 1. The fourth-order valence-corrected chi connectivity index (χ4v) is 3.98. The molecule has 29 heavy (non-hydrogen) atoms. The average molecular weight is 402 g/mol. The number of ether oxygens (including phenoxy) is 1. The molecule has 0 radical (unpaired) electrons. The van der Waals surface area contributed by atoms with Gasteiger partial charge in [0.05, 0.1) is 13.2 Å². The second-order valence-electron chi connectivity index (χ2n) is 8.44. The van der Waals surface area contributed by atoms with Gasteiger partial charge in [-0.2, -0.15) is 0 Å². The van der Waals surface area contributed by atoms with E-state index in [2.05, 4.69) is 56.6 Å². The number of hydrogen-bond donors (Lipinski definition) is 2. The summed E-state index contributed by atoms with van der Waals surface area (Å²) in [6, 6.07) is 8.91. The first-order valence-electron chi connectivity index (χ1n) is 11.3. The van der Waals surface area contributed by atoms with Gasteiger partial charge in [-0.05, 0) is 55.9 Å². The summed E-state index contributed by atoms with van der Waals surface area (Å²) >= 11 is 0. The lowest BCUT2D eigenvalue weighted by Gasteiger charge is -2.30. The molecule has 0 aromatic heterocycles. The van der Waals surface area contributed by atoms with E-state index >= 15 is 0 Å². The molecule has 0 atom stereocenters. The van der Waals surface area contributed by atoms with Crippen LogP contribution in [-0.4, -0.2) is 75.3 Å². The van der Waals surface area contributed by atoms with Crippen molar-refractivity contribution in [3.05, 3.63) is 35.4 Å². The van der Waals surface area contributed by atoms with Crippen LogP contribution in [-0.2, 0) is 17.8 Å². The van der Waals surface area contributed by atoms with E-state index in [4.69, 9.17) is 4.74 Å². The Bertz CT molecular complexity index is 604. The highest BCUT2D eigenvalue weighted by Crippen LogP contribution is 2.15. The molecule has 3 rings (SSSR count). The minimum Gasteiger partial charge on any atom is -0.379 e. The first-order valence-corrected chi connectivity index (χ1v) is 11.3. The summed E-state index contributed by atoms with van der Waals surface area (Å²) in [5, 5.41) is 6.88. The average Bonchev–Trinajstić information content (AvgIpc) is 2.76. The Morgan fingerprint density at radius 1 is 1.00 bits per heavy atom. The molecule has 2 N–H and O–H groups in total. The molecule has 6 heteroatoms. The highest BCUT2D eigenvalue weighted by molar-refractivity contribution is 5.79. The number of rotatable bonds is 8. The molecule has 2 saturated heterocycles. The molecule has 2 aliphatic heterocycles. The van der Waals surface area contributed by atoms with E-state index in [1.54, 1.807) is 0 Å². The smallest absolute Gasteiger partial charge is 0.191 e. The summed E-state index contributed by atoms with van der Waals surface area (Å²) in [7, 11) is 1.84. The highest BCUT2D eigenvalue weighted by atomic mass is 16.5. The molecule has 0 amide bonds. The van der Waals surface area contributed by atoms with Gasteiger partial charge in [0.2, 0.25) is 0 Å². The molecule has 2 aliphatic rings. The van der Waals surface area contributed by atoms with Gasteiger partial charge in [0.25, 0.3) is 0 Å². The topological polar surface area (TPSA) is 52.1 Å². The molecule has 0 saturated carbocycles. The lowest BCUT2D eigenvalue weighted by atomic mass is 9.99. The van der Waals surface area contributed by atoms with Gasteiger partial charge in [-0.25, -0.2) is 0 Å². The monoisotopic (exact) mass is 401 g/mol. The lowest BCUT2D eigenvalue weighted by molar-refractivity contribution is 0.0342. The fourth-order valence-electron chi connectivity index (χ4n) is 3.98. The number of nitrogens with one attached hydrogen (secondary N) is 2. The Balaban J connectivity index is 1.31. The fraction of sp³-hybridized carbons (Fsp3) is 0.696. The van der Waals surface area contributed by atoms with Crippen LogP contribution >= 0.6 is 0 Å². The third kappa shape index (κ3) is 7.96. The van der Waals surface area contributed by atoms with Crippen LogP contribution in [0, 0.1) is 5.92 Å². The number of piperidine rings is 1. The number of hydrogen-bond acceptors (Lipinski definition) is 4. The molecule has 0 spiro atoms. The zero-order chi connectivity index (χ0) is 20.3. The van der Waals surface area contributed by atoms with Gasteiger partial charge in [0.1, 0.15) is 0 Å². The van der Waals surface area contributed by atoms with E-state index in [0.717, 1.165) is 64.2 Å². The third-order valence-electron chi connectivity index (χ3n) is 6.04. The summed E-state index contributed by atoms with van der Waals surface area (Å²) in [6.07, 6.45) is 3.86. The van der Waals surface area contributed by atoms with Gasteiger partial charge in [0.15, 0.2) is 5.96 Å². The van der Waals surface area contributed by atoms with E-state index in [9.17, 15) is 0 Å². The van der Waals surface area contributed by atoms with Crippen molar-refractivity contribution in [1.82, 2.24) is 20.4 Å². The maximum atomic E-state index is 5.42. The summed E-state index contributed by atoms with van der Waals surface area (Å²) < 4.78 is 5.42. The molecule has 162 valence electrons. The predicted molar refractivity (Wildman–Crippen MR) is 120 cm³/mol.